The molecule has 3 rings (SSSR count). The number of rotatable bonds is 6. The molecule has 1 unspecified atom stereocenters. The smallest absolute Gasteiger partial charge is 0.259 e. The van der Waals surface area contributed by atoms with Gasteiger partial charge in [0, 0.05) is 35.0 Å². The van der Waals surface area contributed by atoms with E-state index in [1.165, 1.54) is 12.5 Å². The SMILES string of the molecule is CC(O)c1ccc(C2(CNS(=O)(=O)c3cn(C)cn3)CCCC2)s1. The number of nitrogens with zero attached hydrogens (tertiary/aromatic N) is 2. The Hall–Kier alpha value is -1.22. The molecule has 2 heterocycles. The van der Waals surface area contributed by atoms with E-state index in [1.54, 1.807) is 29.9 Å². The van der Waals surface area contributed by atoms with Crippen LogP contribution in [0.5, 0.6) is 0 Å². The molecule has 1 aliphatic carbocycles. The number of sulfonamides is 1. The highest BCUT2D eigenvalue weighted by Gasteiger charge is 2.38. The molecular formula is C16H23N3O3S2. The molecule has 0 spiro atoms. The van der Waals surface area contributed by atoms with E-state index >= 15 is 0 Å². The monoisotopic (exact) mass is 369 g/mol. The molecule has 6 nitrogen and oxygen atoms in total. The van der Waals surface area contributed by atoms with Crippen molar-refractivity contribution in [2.24, 2.45) is 7.05 Å². The molecule has 24 heavy (non-hydrogen) atoms. The summed E-state index contributed by atoms with van der Waals surface area (Å²) in [6.07, 6.45) is 6.58. The first-order chi connectivity index (χ1) is 11.3. The van der Waals surface area contributed by atoms with Crippen LogP contribution < -0.4 is 4.72 Å². The van der Waals surface area contributed by atoms with E-state index in [9.17, 15) is 13.5 Å². The number of hydrogen-bond donors (Lipinski definition) is 2. The highest BCUT2D eigenvalue weighted by molar-refractivity contribution is 7.89. The highest BCUT2D eigenvalue weighted by Crippen LogP contribution is 2.44. The Balaban J connectivity index is 1.81. The maximum atomic E-state index is 12.5. The molecule has 2 aromatic heterocycles. The average Bonchev–Trinajstić information content (AvgIpc) is 3.25. The minimum atomic E-state index is -3.61. The van der Waals surface area contributed by atoms with Crippen molar-refractivity contribution in [1.82, 2.24) is 14.3 Å². The zero-order valence-corrected chi connectivity index (χ0v) is 15.5. The number of aromatic nitrogens is 2. The number of aliphatic hydroxyl groups excluding tert-OH is 1. The molecule has 0 bridgehead atoms. The van der Waals surface area contributed by atoms with Crippen molar-refractivity contribution < 1.29 is 13.5 Å². The van der Waals surface area contributed by atoms with Crippen molar-refractivity contribution in [3.8, 4) is 0 Å². The molecule has 0 saturated heterocycles. The number of imidazole rings is 1. The normalized spacial score (nSPS) is 18.8. The van der Waals surface area contributed by atoms with Crippen LogP contribution in [-0.2, 0) is 22.5 Å². The van der Waals surface area contributed by atoms with Gasteiger partial charge in [-0.3, -0.25) is 0 Å². The van der Waals surface area contributed by atoms with Crippen LogP contribution in [0.15, 0.2) is 29.7 Å². The van der Waals surface area contributed by atoms with Crippen LogP contribution >= 0.6 is 11.3 Å². The summed E-state index contributed by atoms with van der Waals surface area (Å²) in [7, 11) is -1.87. The Bertz CT molecular complexity index is 802. The second-order valence-corrected chi connectivity index (χ2v) is 9.40. The zero-order chi connectivity index (χ0) is 17.4. The van der Waals surface area contributed by atoms with Crippen LogP contribution in [0.3, 0.4) is 0 Å². The van der Waals surface area contributed by atoms with E-state index in [-0.39, 0.29) is 10.4 Å². The quantitative estimate of drug-likeness (QED) is 0.818. The summed E-state index contributed by atoms with van der Waals surface area (Å²) >= 11 is 1.58. The molecule has 0 aromatic carbocycles. The van der Waals surface area contributed by atoms with Crippen molar-refractivity contribution in [1.29, 1.82) is 0 Å². The van der Waals surface area contributed by atoms with E-state index in [1.807, 2.05) is 12.1 Å². The van der Waals surface area contributed by atoms with Gasteiger partial charge in [-0.25, -0.2) is 18.1 Å². The van der Waals surface area contributed by atoms with Crippen LogP contribution in [0.4, 0.5) is 0 Å². The molecule has 1 aliphatic rings. The van der Waals surface area contributed by atoms with Crippen molar-refractivity contribution in [3.05, 3.63) is 34.4 Å². The van der Waals surface area contributed by atoms with Crippen LogP contribution in [0.2, 0.25) is 0 Å². The van der Waals surface area contributed by atoms with E-state index in [0.29, 0.717) is 6.54 Å². The molecule has 0 radical (unpaired) electrons. The van der Waals surface area contributed by atoms with Crippen molar-refractivity contribution in [2.75, 3.05) is 6.54 Å². The summed E-state index contributed by atoms with van der Waals surface area (Å²) in [6.45, 7) is 2.12. The Labute approximate surface area is 146 Å². The predicted molar refractivity (Wildman–Crippen MR) is 93.5 cm³/mol. The third-order valence-electron chi connectivity index (χ3n) is 4.68. The molecule has 0 aliphatic heterocycles. The fourth-order valence-electron chi connectivity index (χ4n) is 3.26. The second kappa shape index (κ2) is 6.59. The lowest BCUT2D eigenvalue weighted by Crippen LogP contribution is -2.38. The third kappa shape index (κ3) is 3.42. The lowest BCUT2D eigenvalue weighted by molar-refractivity contribution is 0.203. The maximum Gasteiger partial charge on any atom is 0.259 e. The van der Waals surface area contributed by atoms with Gasteiger partial charge in [-0.2, -0.15) is 0 Å². The summed E-state index contributed by atoms with van der Waals surface area (Å²) in [5, 5.41) is 9.81. The van der Waals surface area contributed by atoms with Crippen LogP contribution in [-0.4, -0.2) is 29.6 Å². The molecule has 1 fully saturated rings. The van der Waals surface area contributed by atoms with Gasteiger partial charge in [-0.15, -0.1) is 11.3 Å². The van der Waals surface area contributed by atoms with Crippen molar-refractivity contribution in [3.63, 3.8) is 0 Å². The first-order valence-electron chi connectivity index (χ1n) is 8.08. The highest BCUT2D eigenvalue weighted by atomic mass is 32.2. The number of thiophene rings is 1. The fourth-order valence-corrected chi connectivity index (χ4v) is 5.55. The number of nitrogens with one attached hydrogen (secondary N) is 1. The fraction of sp³-hybridized carbons (Fsp3) is 0.562. The standard InChI is InChI=1S/C16H23N3O3S2/c1-12(20)13-5-6-14(23-13)16(7-3-4-8-16)10-18-24(21,22)15-9-19(2)11-17-15/h5-6,9,11-12,18,20H,3-4,7-8,10H2,1-2H3. The Kier molecular flexibility index (Phi) is 4.83. The Morgan fingerprint density at radius 1 is 1.42 bits per heavy atom. The van der Waals surface area contributed by atoms with Gasteiger partial charge in [0.25, 0.3) is 10.0 Å². The summed E-state index contributed by atoms with van der Waals surface area (Å²) < 4.78 is 29.3. The Morgan fingerprint density at radius 2 is 2.12 bits per heavy atom. The van der Waals surface area contributed by atoms with Gasteiger partial charge >= 0.3 is 0 Å². The maximum absolute atomic E-state index is 12.5. The third-order valence-corrected chi connectivity index (χ3v) is 7.47. The molecule has 2 aromatic rings. The molecule has 0 amide bonds. The van der Waals surface area contributed by atoms with E-state index in [4.69, 9.17) is 0 Å². The zero-order valence-electron chi connectivity index (χ0n) is 13.9. The van der Waals surface area contributed by atoms with Crippen LogP contribution in [0, 0.1) is 0 Å². The minimum absolute atomic E-state index is 0.0500. The van der Waals surface area contributed by atoms with Gasteiger partial charge in [-0.05, 0) is 31.9 Å². The van der Waals surface area contributed by atoms with Gasteiger partial charge < -0.3 is 9.67 Å². The number of hydrogen-bond acceptors (Lipinski definition) is 5. The summed E-state index contributed by atoms with van der Waals surface area (Å²) in [5.41, 5.74) is -0.181. The largest absolute Gasteiger partial charge is 0.388 e. The molecule has 2 N–H and O–H groups in total. The summed E-state index contributed by atoms with van der Waals surface area (Å²) in [4.78, 5) is 6.01. The van der Waals surface area contributed by atoms with Crippen molar-refractivity contribution >= 4 is 21.4 Å². The van der Waals surface area contributed by atoms with Gasteiger partial charge in [0.05, 0.1) is 12.4 Å². The number of aliphatic hydroxyl groups is 1. The first-order valence-corrected chi connectivity index (χ1v) is 10.4. The average molecular weight is 370 g/mol. The van der Waals surface area contributed by atoms with Gasteiger partial charge in [0.2, 0.25) is 0 Å². The van der Waals surface area contributed by atoms with E-state index in [0.717, 1.165) is 35.4 Å². The first kappa shape index (κ1) is 17.6. The van der Waals surface area contributed by atoms with Gasteiger partial charge in [0.1, 0.15) is 0 Å². The van der Waals surface area contributed by atoms with Crippen LogP contribution in [0.25, 0.3) is 0 Å². The van der Waals surface area contributed by atoms with Gasteiger partial charge in [-0.1, -0.05) is 12.8 Å². The summed E-state index contributed by atoms with van der Waals surface area (Å²) in [5.74, 6) is 0. The minimum Gasteiger partial charge on any atom is -0.388 e. The molecular weight excluding hydrogens is 346 g/mol. The second-order valence-electron chi connectivity index (χ2n) is 6.57. The molecule has 1 saturated carbocycles. The molecule has 8 heteroatoms. The lowest BCUT2D eigenvalue weighted by Gasteiger charge is -2.28. The topological polar surface area (TPSA) is 84.2 Å². The lowest BCUT2D eigenvalue weighted by atomic mass is 9.85. The summed E-state index contributed by atoms with van der Waals surface area (Å²) in [6, 6.07) is 3.98. The van der Waals surface area contributed by atoms with E-state index in [2.05, 4.69) is 9.71 Å². The van der Waals surface area contributed by atoms with E-state index < -0.39 is 16.1 Å². The van der Waals surface area contributed by atoms with Crippen molar-refractivity contribution in [2.45, 2.75) is 49.2 Å². The molecule has 1 atom stereocenters. The predicted octanol–water partition coefficient (Wildman–Crippen LogP) is 2.33. The Morgan fingerprint density at radius 3 is 2.67 bits per heavy atom. The van der Waals surface area contributed by atoms with Gasteiger partial charge in [0.15, 0.2) is 5.03 Å². The van der Waals surface area contributed by atoms with Crippen LogP contribution in [0.1, 0.15) is 48.5 Å². The molecule has 132 valence electrons. The number of aryl methyl sites for hydroxylation is 1.